The third-order valence-corrected chi connectivity index (χ3v) is 4.57. The molecule has 152 valence electrons. The first-order valence-corrected chi connectivity index (χ1v) is 8.94. The number of nitrogens with zero attached hydrogens (tertiary/aromatic N) is 3. The van der Waals surface area contributed by atoms with Gasteiger partial charge in [-0.2, -0.15) is 13.2 Å². The van der Waals surface area contributed by atoms with Crippen LogP contribution in [0.25, 0.3) is 11.3 Å². The molecule has 5 nitrogen and oxygen atoms in total. The molecule has 0 aliphatic carbocycles. The largest absolute Gasteiger partial charge is 0.494 e. The number of pyridine rings is 2. The predicted molar refractivity (Wildman–Crippen MR) is 95.1 cm³/mol. The lowest BCUT2D eigenvalue weighted by molar-refractivity contribution is -0.149. The zero-order valence-corrected chi connectivity index (χ0v) is 15.7. The van der Waals surface area contributed by atoms with Gasteiger partial charge < -0.3 is 9.47 Å². The Morgan fingerprint density at radius 1 is 1.18 bits per heavy atom. The number of methoxy groups -OCH3 is 1. The molecule has 28 heavy (non-hydrogen) atoms. The van der Waals surface area contributed by atoms with Crippen LogP contribution in [0.3, 0.4) is 0 Å². The Balaban J connectivity index is 1.68. The van der Waals surface area contributed by atoms with Crippen LogP contribution in [-0.4, -0.2) is 53.9 Å². The molecule has 3 heterocycles. The van der Waals surface area contributed by atoms with E-state index in [2.05, 4.69) is 9.97 Å². The first kappa shape index (κ1) is 20.6. The van der Waals surface area contributed by atoms with Gasteiger partial charge in [-0.05, 0) is 12.8 Å². The summed E-state index contributed by atoms with van der Waals surface area (Å²) in [4.78, 5) is 9.42. The monoisotopic (exact) mass is 419 g/mol. The number of halogens is 5. The Labute approximate surface area is 164 Å². The second-order valence-corrected chi connectivity index (χ2v) is 6.80. The second kappa shape index (κ2) is 8.48. The Morgan fingerprint density at radius 2 is 1.89 bits per heavy atom. The second-order valence-electron chi connectivity index (χ2n) is 6.42. The number of hydrogen-bond acceptors (Lipinski definition) is 5. The minimum absolute atomic E-state index is 0.0250. The lowest BCUT2D eigenvalue weighted by Gasteiger charge is -2.32. The molecule has 1 saturated heterocycles. The van der Waals surface area contributed by atoms with Gasteiger partial charge in [0, 0.05) is 31.4 Å². The number of rotatable bonds is 5. The molecule has 0 unspecified atom stereocenters. The quantitative estimate of drug-likeness (QED) is 0.532. The van der Waals surface area contributed by atoms with Gasteiger partial charge in [-0.1, -0.05) is 11.6 Å². The lowest BCUT2D eigenvalue weighted by atomic mass is 10.1. The van der Waals surface area contributed by atoms with Crippen LogP contribution in [0, 0.1) is 5.82 Å². The van der Waals surface area contributed by atoms with Crippen molar-refractivity contribution in [2.45, 2.75) is 25.1 Å². The average Bonchev–Trinajstić information content (AvgIpc) is 2.62. The number of hydrogen-bond donors (Lipinski definition) is 0. The first-order chi connectivity index (χ1) is 13.2. The summed E-state index contributed by atoms with van der Waals surface area (Å²) in [5, 5.41) is 0.0250. The number of piperidine rings is 1. The van der Waals surface area contributed by atoms with Gasteiger partial charge in [-0.15, -0.1) is 0 Å². The molecule has 0 bridgehead atoms. The fourth-order valence-electron chi connectivity index (χ4n) is 3.06. The van der Waals surface area contributed by atoms with Crippen LogP contribution in [0.5, 0.6) is 11.5 Å². The Hall–Kier alpha value is -2.13. The van der Waals surface area contributed by atoms with E-state index in [9.17, 15) is 17.6 Å². The summed E-state index contributed by atoms with van der Waals surface area (Å²) in [7, 11) is 1.42. The highest BCUT2D eigenvalue weighted by Gasteiger charge is 2.33. The van der Waals surface area contributed by atoms with Gasteiger partial charge in [0.2, 0.25) is 0 Å². The maximum Gasteiger partial charge on any atom is 0.401 e. The zero-order valence-electron chi connectivity index (χ0n) is 15.0. The van der Waals surface area contributed by atoms with Crippen molar-refractivity contribution < 1.29 is 27.0 Å². The minimum atomic E-state index is -4.20. The summed E-state index contributed by atoms with van der Waals surface area (Å²) in [6.45, 7) is -0.312. The van der Waals surface area contributed by atoms with Gasteiger partial charge in [0.1, 0.15) is 34.3 Å². The summed E-state index contributed by atoms with van der Waals surface area (Å²) >= 11 is 5.67. The predicted octanol–water partition coefficient (Wildman–Crippen LogP) is 4.35. The van der Waals surface area contributed by atoms with Crippen molar-refractivity contribution in [1.29, 1.82) is 0 Å². The molecular weight excluding hydrogens is 402 g/mol. The van der Waals surface area contributed by atoms with E-state index in [4.69, 9.17) is 21.1 Å². The van der Waals surface area contributed by atoms with Crippen LogP contribution in [-0.2, 0) is 0 Å². The van der Waals surface area contributed by atoms with E-state index >= 15 is 0 Å². The summed E-state index contributed by atoms with van der Waals surface area (Å²) in [5.74, 6) is 0.101. The summed E-state index contributed by atoms with van der Waals surface area (Å²) < 4.78 is 62.6. The van der Waals surface area contributed by atoms with E-state index in [0.717, 1.165) is 6.07 Å². The van der Waals surface area contributed by atoms with Crippen molar-refractivity contribution in [2.75, 3.05) is 26.7 Å². The average molecular weight is 420 g/mol. The van der Waals surface area contributed by atoms with Gasteiger partial charge in [-0.3, -0.25) is 4.90 Å². The maximum atomic E-state index is 14.1. The highest BCUT2D eigenvalue weighted by Crippen LogP contribution is 2.33. The van der Waals surface area contributed by atoms with Gasteiger partial charge in [-0.25, -0.2) is 14.4 Å². The molecule has 0 saturated carbocycles. The molecule has 10 heteroatoms. The molecule has 0 amide bonds. The number of likely N-dealkylation sites (tertiary alicyclic amines) is 1. The fraction of sp³-hybridized carbons (Fsp3) is 0.444. The third kappa shape index (κ3) is 5.23. The Morgan fingerprint density at radius 3 is 2.50 bits per heavy atom. The first-order valence-electron chi connectivity index (χ1n) is 8.56. The SMILES string of the molecule is COc1cc(OC2CCN(CC(F)(F)F)CC2)cnc1-c1cnc(Cl)cc1F. The van der Waals surface area contributed by atoms with E-state index in [-0.39, 0.29) is 28.3 Å². The third-order valence-electron chi connectivity index (χ3n) is 4.36. The van der Waals surface area contributed by atoms with Gasteiger partial charge in [0.05, 0.1) is 25.4 Å². The van der Waals surface area contributed by atoms with E-state index in [1.807, 2.05) is 0 Å². The van der Waals surface area contributed by atoms with Gasteiger partial charge in [0.15, 0.2) is 0 Å². The van der Waals surface area contributed by atoms with E-state index in [0.29, 0.717) is 31.7 Å². The van der Waals surface area contributed by atoms with Crippen molar-refractivity contribution in [3.8, 4) is 22.8 Å². The van der Waals surface area contributed by atoms with Crippen LogP contribution < -0.4 is 9.47 Å². The normalized spacial score (nSPS) is 16.2. The molecule has 0 aromatic carbocycles. The molecule has 2 aromatic rings. The van der Waals surface area contributed by atoms with Crippen LogP contribution >= 0.6 is 11.6 Å². The number of alkyl halides is 3. The van der Waals surface area contributed by atoms with Crippen LogP contribution in [0.1, 0.15) is 12.8 Å². The Bertz CT molecular complexity index is 827. The number of ether oxygens (including phenoxy) is 2. The van der Waals surface area contributed by atoms with Crippen LogP contribution in [0.15, 0.2) is 24.5 Å². The molecule has 2 aromatic heterocycles. The topological polar surface area (TPSA) is 47.5 Å². The molecular formula is C18H18ClF4N3O2. The number of aromatic nitrogens is 2. The van der Waals surface area contributed by atoms with Gasteiger partial charge in [0.25, 0.3) is 0 Å². The summed E-state index contributed by atoms with van der Waals surface area (Å²) in [6, 6.07) is 2.65. The highest BCUT2D eigenvalue weighted by atomic mass is 35.5. The van der Waals surface area contributed by atoms with E-state index in [1.54, 1.807) is 6.07 Å². The van der Waals surface area contributed by atoms with Crippen molar-refractivity contribution >= 4 is 11.6 Å². The molecule has 3 rings (SSSR count). The van der Waals surface area contributed by atoms with Crippen LogP contribution in [0.2, 0.25) is 5.15 Å². The zero-order chi connectivity index (χ0) is 20.3. The Kier molecular flexibility index (Phi) is 6.24. The molecule has 0 N–H and O–H groups in total. The molecule has 0 radical (unpaired) electrons. The van der Waals surface area contributed by atoms with E-state index < -0.39 is 18.5 Å². The van der Waals surface area contributed by atoms with Crippen molar-refractivity contribution in [3.05, 3.63) is 35.5 Å². The fourth-order valence-corrected chi connectivity index (χ4v) is 3.21. The highest BCUT2D eigenvalue weighted by molar-refractivity contribution is 6.29. The molecule has 0 atom stereocenters. The van der Waals surface area contributed by atoms with Crippen LogP contribution in [0.4, 0.5) is 17.6 Å². The standard InChI is InChI=1S/C18H18ClF4N3O2/c1-27-15-6-12(8-25-17(15)13-9-24-16(19)7-14(13)20)28-11-2-4-26(5-3-11)10-18(21,22)23/h6-9,11H,2-5,10H2,1H3. The van der Waals surface area contributed by atoms with Gasteiger partial charge >= 0.3 is 6.18 Å². The maximum absolute atomic E-state index is 14.1. The van der Waals surface area contributed by atoms with Crippen molar-refractivity contribution in [3.63, 3.8) is 0 Å². The van der Waals surface area contributed by atoms with Crippen molar-refractivity contribution in [1.82, 2.24) is 14.9 Å². The molecule has 1 fully saturated rings. The molecule has 1 aliphatic heterocycles. The smallest absolute Gasteiger partial charge is 0.401 e. The lowest BCUT2D eigenvalue weighted by Crippen LogP contribution is -2.42. The summed E-state index contributed by atoms with van der Waals surface area (Å²) in [5.41, 5.74) is 0.379. The van der Waals surface area contributed by atoms with E-state index in [1.165, 1.54) is 24.4 Å². The molecule has 1 aliphatic rings. The molecule has 0 spiro atoms. The minimum Gasteiger partial charge on any atom is -0.494 e. The van der Waals surface area contributed by atoms with Crippen molar-refractivity contribution in [2.24, 2.45) is 0 Å². The summed E-state index contributed by atoms with van der Waals surface area (Å²) in [6.07, 6.45) is -0.804.